The van der Waals surface area contributed by atoms with Gasteiger partial charge in [-0.1, -0.05) is 24.3 Å². The van der Waals surface area contributed by atoms with E-state index in [1.807, 2.05) is 24.3 Å². The maximum absolute atomic E-state index is 12.3. The van der Waals surface area contributed by atoms with Gasteiger partial charge in [0, 0.05) is 12.6 Å². The lowest BCUT2D eigenvalue weighted by molar-refractivity contribution is -0.123. The number of rotatable bonds is 7. The van der Waals surface area contributed by atoms with Crippen LogP contribution in [0.2, 0.25) is 0 Å². The topological polar surface area (TPSA) is 87.7 Å². The van der Waals surface area contributed by atoms with E-state index in [0.29, 0.717) is 11.3 Å². The Bertz CT molecular complexity index is 756. The van der Waals surface area contributed by atoms with Crippen molar-refractivity contribution >= 4 is 22.6 Å². The summed E-state index contributed by atoms with van der Waals surface area (Å²) in [5.74, 6) is -0.171. The Balaban J connectivity index is 1.81. The number of ether oxygens (including phenoxy) is 1. The summed E-state index contributed by atoms with van der Waals surface area (Å²) in [6.07, 6.45) is 2.02. The fraction of sp³-hybridized carbons (Fsp3) is 0.333. The predicted octanol–water partition coefficient (Wildman–Crippen LogP) is 1.22. The minimum absolute atomic E-state index is 0.130. The number of hydrogen-bond donors (Lipinski definition) is 3. The highest BCUT2D eigenvalue weighted by atomic mass is 16.5. The smallest absolute Gasteiger partial charge is 0.258 e. The minimum Gasteiger partial charge on any atom is -0.483 e. The highest BCUT2D eigenvalue weighted by Crippen LogP contribution is 2.26. The Labute approximate surface area is 139 Å². The molecule has 24 heavy (non-hydrogen) atoms. The fourth-order valence-electron chi connectivity index (χ4n) is 2.42. The molecule has 0 unspecified atom stereocenters. The van der Waals surface area contributed by atoms with Crippen LogP contribution in [0.25, 0.3) is 10.8 Å². The van der Waals surface area contributed by atoms with Crippen LogP contribution in [0, 0.1) is 0 Å². The van der Waals surface area contributed by atoms with Gasteiger partial charge in [-0.15, -0.1) is 0 Å². The van der Waals surface area contributed by atoms with Crippen LogP contribution in [-0.2, 0) is 4.79 Å². The molecule has 0 spiro atoms. The molecule has 0 aromatic heterocycles. The molecule has 0 aliphatic heterocycles. The normalized spacial score (nSPS) is 13.5. The van der Waals surface area contributed by atoms with Crippen molar-refractivity contribution in [2.45, 2.75) is 18.9 Å². The van der Waals surface area contributed by atoms with Crippen molar-refractivity contribution in [1.29, 1.82) is 0 Å². The summed E-state index contributed by atoms with van der Waals surface area (Å²) in [4.78, 5) is 24.1. The van der Waals surface area contributed by atoms with Crippen LogP contribution in [0.3, 0.4) is 0 Å². The van der Waals surface area contributed by atoms with Crippen molar-refractivity contribution in [3.05, 3.63) is 42.0 Å². The van der Waals surface area contributed by atoms with Crippen molar-refractivity contribution in [2.24, 2.45) is 0 Å². The minimum atomic E-state index is -0.340. The van der Waals surface area contributed by atoms with Crippen LogP contribution in [0.1, 0.15) is 23.2 Å². The zero-order chi connectivity index (χ0) is 16.9. The molecule has 1 saturated carbocycles. The summed E-state index contributed by atoms with van der Waals surface area (Å²) >= 11 is 0. The maximum atomic E-state index is 12.3. The summed E-state index contributed by atoms with van der Waals surface area (Å²) in [7, 11) is 0. The molecular formula is C18H20N2O4. The monoisotopic (exact) mass is 328 g/mol. The van der Waals surface area contributed by atoms with Crippen LogP contribution in [0.4, 0.5) is 0 Å². The summed E-state index contributed by atoms with van der Waals surface area (Å²) < 4.78 is 5.60. The molecule has 2 aromatic carbocycles. The van der Waals surface area contributed by atoms with E-state index in [-0.39, 0.29) is 37.6 Å². The number of aliphatic hydroxyl groups excluding tert-OH is 1. The Morgan fingerprint density at radius 2 is 1.88 bits per heavy atom. The van der Waals surface area contributed by atoms with Gasteiger partial charge >= 0.3 is 0 Å². The molecule has 2 aromatic rings. The number of benzene rings is 2. The van der Waals surface area contributed by atoms with Gasteiger partial charge in [0.25, 0.3) is 11.8 Å². The van der Waals surface area contributed by atoms with Gasteiger partial charge in [0.15, 0.2) is 6.61 Å². The number of fused-ring (bicyclic) bond motifs is 1. The SMILES string of the molecule is O=C(COc1cc2ccccc2cc1C(=O)NCCO)NC1CC1. The first-order valence-electron chi connectivity index (χ1n) is 8.01. The fourth-order valence-corrected chi connectivity index (χ4v) is 2.42. The van der Waals surface area contributed by atoms with Crippen molar-refractivity contribution in [1.82, 2.24) is 10.6 Å². The van der Waals surface area contributed by atoms with Gasteiger partial charge in [0.1, 0.15) is 5.75 Å². The Morgan fingerprint density at radius 1 is 1.17 bits per heavy atom. The summed E-state index contributed by atoms with van der Waals surface area (Å²) in [5.41, 5.74) is 0.348. The van der Waals surface area contributed by atoms with Crippen LogP contribution in [0.15, 0.2) is 36.4 Å². The standard InChI is InChI=1S/C18H20N2O4/c21-8-7-19-18(23)15-9-12-3-1-2-4-13(12)10-16(15)24-11-17(22)20-14-5-6-14/h1-4,9-10,14,21H,5-8,11H2,(H,19,23)(H,20,22). The summed E-state index contributed by atoms with van der Waals surface area (Å²) in [6.45, 7) is -0.109. The second-order valence-electron chi connectivity index (χ2n) is 5.81. The largest absolute Gasteiger partial charge is 0.483 e. The quantitative estimate of drug-likeness (QED) is 0.713. The number of amides is 2. The molecule has 0 atom stereocenters. The van der Waals surface area contributed by atoms with Crippen molar-refractivity contribution in [2.75, 3.05) is 19.8 Å². The second-order valence-corrected chi connectivity index (χ2v) is 5.81. The Hall–Kier alpha value is -2.60. The van der Waals surface area contributed by atoms with Gasteiger partial charge in [-0.2, -0.15) is 0 Å². The lowest BCUT2D eigenvalue weighted by atomic mass is 10.1. The van der Waals surface area contributed by atoms with E-state index in [1.54, 1.807) is 12.1 Å². The van der Waals surface area contributed by atoms with Gasteiger partial charge in [0.05, 0.1) is 12.2 Å². The third-order valence-electron chi connectivity index (χ3n) is 3.79. The summed E-state index contributed by atoms with van der Waals surface area (Å²) in [6, 6.07) is 11.4. The molecule has 0 heterocycles. The van der Waals surface area contributed by atoms with E-state index in [0.717, 1.165) is 23.6 Å². The number of nitrogens with one attached hydrogen (secondary N) is 2. The molecule has 1 aliphatic rings. The van der Waals surface area contributed by atoms with E-state index in [1.165, 1.54) is 0 Å². The first-order chi connectivity index (χ1) is 11.7. The van der Waals surface area contributed by atoms with Gasteiger partial charge < -0.3 is 20.5 Å². The van der Waals surface area contributed by atoms with Crippen LogP contribution in [0.5, 0.6) is 5.75 Å². The summed E-state index contributed by atoms with van der Waals surface area (Å²) in [5, 5.41) is 16.2. The molecule has 6 heteroatoms. The maximum Gasteiger partial charge on any atom is 0.258 e. The second kappa shape index (κ2) is 7.31. The zero-order valence-electron chi connectivity index (χ0n) is 13.2. The van der Waals surface area contributed by atoms with Crippen molar-refractivity contribution < 1.29 is 19.4 Å². The van der Waals surface area contributed by atoms with Crippen molar-refractivity contribution in [3.63, 3.8) is 0 Å². The zero-order valence-corrected chi connectivity index (χ0v) is 13.2. The molecule has 1 aliphatic carbocycles. The average Bonchev–Trinajstić information content (AvgIpc) is 3.40. The highest BCUT2D eigenvalue weighted by Gasteiger charge is 2.23. The van der Waals surface area contributed by atoms with Gasteiger partial charge in [0.2, 0.25) is 0 Å². The number of hydrogen-bond acceptors (Lipinski definition) is 4. The molecule has 2 amide bonds. The van der Waals surface area contributed by atoms with Gasteiger partial charge in [-0.3, -0.25) is 9.59 Å². The molecule has 6 nitrogen and oxygen atoms in total. The molecule has 1 fully saturated rings. The lowest BCUT2D eigenvalue weighted by Crippen LogP contribution is -2.31. The number of aliphatic hydroxyl groups is 1. The molecule has 0 bridgehead atoms. The van der Waals surface area contributed by atoms with Crippen LogP contribution in [-0.4, -0.2) is 42.7 Å². The van der Waals surface area contributed by atoms with Gasteiger partial charge in [-0.05, 0) is 35.7 Å². The number of carbonyl (C=O) groups is 2. The first kappa shape index (κ1) is 16.3. The molecule has 3 N–H and O–H groups in total. The predicted molar refractivity (Wildman–Crippen MR) is 90.0 cm³/mol. The van der Waals surface area contributed by atoms with E-state index in [4.69, 9.17) is 9.84 Å². The van der Waals surface area contributed by atoms with Crippen LogP contribution >= 0.6 is 0 Å². The lowest BCUT2D eigenvalue weighted by Gasteiger charge is -2.13. The van der Waals surface area contributed by atoms with E-state index in [9.17, 15) is 9.59 Å². The van der Waals surface area contributed by atoms with E-state index >= 15 is 0 Å². The molecule has 0 saturated heterocycles. The molecular weight excluding hydrogens is 308 g/mol. The Kier molecular flexibility index (Phi) is 4.96. The van der Waals surface area contributed by atoms with Crippen LogP contribution < -0.4 is 15.4 Å². The molecule has 126 valence electrons. The highest BCUT2D eigenvalue weighted by molar-refractivity contribution is 6.01. The third-order valence-corrected chi connectivity index (χ3v) is 3.79. The van der Waals surface area contributed by atoms with E-state index < -0.39 is 0 Å². The van der Waals surface area contributed by atoms with E-state index in [2.05, 4.69) is 10.6 Å². The Morgan fingerprint density at radius 3 is 2.54 bits per heavy atom. The number of carbonyl (C=O) groups excluding carboxylic acids is 2. The molecule has 0 radical (unpaired) electrons. The average molecular weight is 328 g/mol. The van der Waals surface area contributed by atoms with Gasteiger partial charge in [-0.25, -0.2) is 0 Å². The molecule has 3 rings (SSSR count). The third kappa shape index (κ3) is 4.02. The van der Waals surface area contributed by atoms with Crippen molar-refractivity contribution in [3.8, 4) is 5.75 Å². The first-order valence-corrected chi connectivity index (χ1v) is 8.01.